The lowest BCUT2D eigenvalue weighted by Gasteiger charge is -1.96. The second-order valence-corrected chi connectivity index (χ2v) is 3.82. The van der Waals surface area contributed by atoms with Crippen LogP contribution < -0.4 is 0 Å². The highest BCUT2D eigenvalue weighted by Gasteiger charge is 2.09. The molecule has 0 saturated heterocycles. The van der Waals surface area contributed by atoms with Gasteiger partial charge < -0.3 is 9.52 Å². The minimum absolute atomic E-state index is 0.191. The van der Waals surface area contributed by atoms with Gasteiger partial charge in [-0.2, -0.15) is 0 Å². The highest BCUT2D eigenvalue weighted by Crippen LogP contribution is 2.29. The average Bonchev–Trinajstić information content (AvgIpc) is 2.75. The predicted molar refractivity (Wildman–Crippen MR) is 63.3 cm³/mol. The Kier molecular flexibility index (Phi) is 2.11. The topological polar surface area (TPSA) is 33.4 Å². The van der Waals surface area contributed by atoms with Crippen molar-refractivity contribution in [2.75, 3.05) is 0 Å². The first-order valence-electron chi connectivity index (χ1n) is 5.21. The van der Waals surface area contributed by atoms with Crippen LogP contribution in [0.3, 0.4) is 0 Å². The number of phenolic OH excluding ortho intramolecular Hbond substituents is 1. The fraction of sp³-hybridized carbons (Fsp3) is 0. The van der Waals surface area contributed by atoms with E-state index < -0.39 is 0 Å². The standard InChI is InChI=1S/C14H9FO2/c15-12-3-1-2-10-8-13(17-14(10)12)9-4-6-11(16)7-5-9/h1-8,16H. The van der Waals surface area contributed by atoms with Crippen LogP contribution in [0.5, 0.6) is 5.75 Å². The van der Waals surface area contributed by atoms with E-state index in [9.17, 15) is 9.50 Å². The van der Waals surface area contributed by atoms with Gasteiger partial charge in [0, 0.05) is 10.9 Å². The summed E-state index contributed by atoms with van der Waals surface area (Å²) in [5, 5.41) is 9.93. The van der Waals surface area contributed by atoms with Crippen molar-refractivity contribution >= 4 is 11.0 Å². The molecule has 1 N–H and O–H groups in total. The summed E-state index contributed by atoms with van der Waals surface area (Å²) < 4.78 is 18.9. The lowest BCUT2D eigenvalue weighted by atomic mass is 10.1. The fourth-order valence-electron chi connectivity index (χ4n) is 1.80. The molecule has 0 bridgehead atoms. The molecule has 0 fully saturated rings. The molecule has 1 heterocycles. The number of para-hydroxylation sites is 1. The number of fused-ring (bicyclic) bond motifs is 1. The minimum Gasteiger partial charge on any atom is -0.508 e. The Labute approximate surface area is 96.9 Å². The normalized spacial score (nSPS) is 10.9. The summed E-state index contributed by atoms with van der Waals surface area (Å²) in [6.07, 6.45) is 0. The first kappa shape index (κ1) is 9.90. The fourth-order valence-corrected chi connectivity index (χ4v) is 1.80. The highest BCUT2D eigenvalue weighted by molar-refractivity contribution is 5.83. The van der Waals surface area contributed by atoms with Gasteiger partial charge >= 0.3 is 0 Å². The van der Waals surface area contributed by atoms with Gasteiger partial charge in [-0.15, -0.1) is 0 Å². The summed E-state index contributed by atoms with van der Waals surface area (Å²) >= 11 is 0. The molecule has 0 amide bonds. The van der Waals surface area contributed by atoms with Crippen molar-refractivity contribution in [3.63, 3.8) is 0 Å². The van der Waals surface area contributed by atoms with Crippen LogP contribution in [-0.4, -0.2) is 5.11 Å². The Balaban J connectivity index is 2.18. The molecule has 0 atom stereocenters. The van der Waals surface area contributed by atoms with Gasteiger partial charge in [-0.1, -0.05) is 12.1 Å². The summed E-state index contributed by atoms with van der Waals surface area (Å²) in [6.45, 7) is 0. The van der Waals surface area contributed by atoms with Crippen molar-refractivity contribution in [2.24, 2.45) is 0 Å². The van der Waals surface area contributed by atoms with Crippen LogP contribution in [-0.2, 0) is 0 Å². The second kappa shape index (κ2) is 3.63. The van der Waals surface area contributed by atoms with Crippen molar-refractivity contribution in [3.8, 4) is 17.1 Å². The van der Waals surface area contributed by atoms with Crippen LogP contribution in [0.2, 0.25) is 0 Å². The molecule has 0 aliphatic heterocycles. The number of furan rings is 1. The maximum Gasteiger partial charge on any atom is 0.170 e. The number of halogens is 1. The zero-order valence-corrected chi connectivity index (χ0v) is 8.85. The molecule has 3 aromatic rings. The zero-order valence-electron chi connectivity index (χ0n) is 8.85. The van der Waals surface area contributed by atoms with E-state index in [0.29, 0.717) is 5.76 Å². The first-order chi connectivity index (χ1) is 8.24. The van der Waals surface area contributed by atoms with Gasteiger partial charge in [0.1, 0.15) is 11.5 Å². The first-order valence-corrected chi connectivity index (χ1v) is 5.21. The van der Waals surface area contributed by atoms with Gasteiger partial charge in [0.2, 0.25) is 0 Å². The molecule has 2 nitrogen and oxygen atoms in total. The summed E-state index contributed by atoms with van der Waals surface area (Å²) in [6, 6.07) is 13.2. The van der Waals surface area contributed by atoms with Crippen molar-refractivity contribution < 1.29 is 13.9 Å². The van der Waals surface area contributed by atoms with E-state index >= 15 is 0 Å². The van der Waals surface area contributed by atoms with E-state index in [0.717, 1.165) is 10.9 Å². The molecule has 0 unspecified atom stereocenters. The number of hydrogen-bond donors (Lipinski definition) is 1. The Morgan fingerprint density at radius 1 is 1.00 bits per heavy atom. The van der Waals surface area contributed by atoms with Crippen molar-refractivity contribution in [3.05, 3.63) is 54.3 Å². The Morgan fingerprint density at radius 3 is 2.47 bits per heavy atom. The number of benzene rings is 2. The van der Waals surface area contributed by atoms with E-state index in [1.807, 2.05) is 0 Å². The van der Waals surface area contributed by atoms with Gasteiger partial charge in [-0.05, 0) is 36.4 Å². The third-order valence-corrected chi connectivity index (χ3v) is 2.65. The molecule has 0 aliphatic carbocycles. The SMILES string of the molecule is Oc1ccc(-c2cc3cccc(F)c3o2)cc1. The van der Waals surface area contributed by atoms with Crippen LogP contribution in [0.25, 0.3) is 22.3 Å². The van der Waals surface area contributed by atoms with E-state index in [-0.39, 0.29) is 17.1 Å². The second-order valence-electron chi connectivity index (χ2n) is 3.82. The summed E-state index contributed by atoms with van der Waals surface area (Å²) in [4.78, 5) is 0. The van der Waals surface area contributed by atoms with E-state index in [2.05, 4.69) is 0 Å². The minimum atomic E-state index is -0.368. The van der Waals surface area contributed by atoms with Crippen molar-refractivity contribution in [1.82, 2.24) is 0 Å². The molecule has 84 valence electrons. The molecule has 0 radical (unpaired) electrons. The summed E-state index contributed by atoms with van der Waals surface area (Å²) in [5.41, 5.74) is 1.06. The van der Waals surface area contributed by atoms with Crippen molar-refractivity contribution in [1.29, 1.82) is 0 Å². The summed E-state index contributed by atoms with van der Waals surface area (Å²) in [7, 11) is 0. The van der Waals surface area contributed by atoms with Crippen LogP contribution in [0.15, 0.2) is 52.9 Å². The number of hydrogen-bond acceptors (Lipinski definition) is 2. The maximum absolute atomic E-state index is 13.4. The van der Waals surface area contributed by atoms with E-state index in [1.54, 1.807) is 42.5 Å². The molecular weight excluding hydrogens is 219 g/mol. The Morgan fingerprint density at radius 2 is 1.76 bits per heavy atom. The average molecular weight is 228 g/mol. The Bertz CT molecular complexity index is 668. The lowest BCUT2D eigenvalue weighted by molar-refractivity contribution is 0.475. The smallest absolute Gasteiger partial charge is 0.170 e. The third kappa shape index (κ3) is 1.65. The predicted octanol–water partition coefficient (Wildman–Crippen LogP) is 3.94. The van der Waals surface area contributed by atoms with Crippen LogP contribution >= 0.6 is 0 Å². The van der Waals surface area contributed by atoms with E-state index in [4.69, 9.17) is 4.42 Å². The molecule has 1 aromatic heterocycles. The van der Waals surface area contributed by atoms with Gasteiger partial charge in [-0.3, -0.25) is 0 Å². The Hall–Kier alpha value is -2.29. The maximum atomic E-state index is 13.4. The van der Waals surface area contributed by atoms with Crippen LogP contribution in [0.1, 0.15) is 0 Å². The van der Waals surface area contributed by atoms with Gasteiger partial charge in [0.05, 0.1) is 0 Å². The van der Waals surface area contributed by atoms with Crippen LogP contribution in [0, 0.1) is 5.82 Å². The molecule has 0 saturated carbocycles. The monoisotopic (exact) mass is 228 g/mol. The zero-order chi connectivity index (χ0) is 11.8. The van der Waals surface area contributed by atoms with Gasteiger partial charge in [0.25, 0.3) is 0 Å². The third-order valence-electron chi connectivity index (χ3n) is 2.65. The van der Waals surface area contributed by atoms with Gasteiger partial charge in [0.15, 0.2) is 11.4 Å². The van der Waals surface area contributed by atoms with Crippen molar-refractivity contribution in [2.45, 2.75) is 0 Å². The number of aromatic hydroxyl groups is 1. The molecule has 0 spiro atoms. The quantitative estimate of drug-likeness (QED) is 0.684. The summed E-state index contributed by atoms with van der Waals surface area (Å²) in [5.74, 6) is 0.411. The molecule has 17 heavy (non-hydrogen) atoms. The molecule has 3 heteroatoms. The number of rotatable bonds is 1. The molecule has 2 aromatic carbocycles. The molecular formula is C14H9FO2. The van der Waals surface area contributed by atoms with E-state index in [1.165, 1.54) is 6.07 Å². The molecule has 0 aliphatic rings. The number of phenols is 1. The highest BCUT2D eigenvalue weighted by atomic mass is 19.1. The molecule has 3 rings (SSSR count). The lowest BCUT2D eigenvalue weighted by Crippen LogP contribution is -1.72. The van der Waals surface area contributed by atoms with Crippen LogP contribution in [0.4, 0.5) is 4.39 Å². The van der Waals surface area contributed by atoms with Gasteiger partial charge in [-0.25, -0.2) is 4.39 Å². The largest absolute Gasteiger partial charge is 0.508 e.